The average molecular weight is 490 g/mol. The molecule has 1 amide bonds. The number of nitrogens with zero attached hydrogens (tertiary/aromatic N) is 4. The van der Waals surface area contributed by atoms with Gasteiger partial charge in [-0.2, -0.15) is 0 Å². The summed E-state index contributed by atoms with van der Waals surface area (Å²) in [7, 11) is 0. The molecule has 9 heteroatoms. The summed E-state index contributed by atoms with van der Waals surface area (Å²) in [5, 5.41) is 13.6. The number of anilines is 2. The molecular formula is C26H27N5O3S. The SMILES string of the molecule is Cc1cc2cc3c(cc2n2c(SCC(=O)Nc4ccccc4N4CCCCC4)nnc12)OCCO3. The molecule has 4 heterocycles. The number of hydrogen-bond donors (Lipinski definition) is 1. The third-order valence-corrected chi connectivity index (χ3v) is 7.43. The molecule has 2 aliphatic heterocycles. The lowest BCUT2D eigenvalue weighted by Crippen LogP contribution is -2.30. The topological polar surface area (TPSA) is 81.0 Å². The summed E-state index contributed by atoms with van der Waals surface area (Å²) in [4.78, 5) is 15.3. The Morgan fingerprint density at radius 3 is 2.63 bits per heavy atom. The van der Waals surface area contributed by atoms with Crippen LogP contribution in [-0.4, -0.2) is 52.6 Å². The lowest BCUT2D eigenvalue weighted by molar-refractivity contribution is -0.113. The molecule has 0 bridgehead atoms. The van der Waals surface area contributed by atoms with E-state index in [2.05, 4.69) is 32.5 Å². The summed E-state index contributed by atoms with van der Waals surface area (Å²) >= 11 is 1.38. The molecule has 2 aliphatic rings. The second-order valence-corrected chi connectivity index (χ2v) is 9.87. The van der Waals surface area contributed by atoms with Gasteiger partial charge in [0.15, 0.2) is 22.3 Å². The zero-order valence-corrected chi connectivity index (χ0v) is 20.4. The minimum absolute atomic E-state index is 0.0673. The molecule has 1 N–H and O–H groups in total. The van der Waals surface area contributed by atoms with Crippen LogP contribution in [0.25, 0.3) is 16.6 Å². The first-order chi connectivity index (χ1) is 17.2. The Balaban J connectivity index is 1.25. The van der Waals surface area contributed by atoms with Gasteiger partial charge in [0, 0.05) is 24.5 Å². The Morgan fingerprint density at radius 2 is 1.80 bits per heavy atom. The molecule has 0 atom stereocenters. The monoisotopic (exact) mass is 489 g/mol. The van der Waals surface area contributed by atoms with Crippen molar-refractivity contribution in [3.05, 3.63) is 48.0 Å². The number of aryl methyl sites for hydroxylation is 1. The predicted molar refractivity (Wildman–Crippen MR) is 138 cm³/mol. The van der Waals surface area contributed by atoms with Crippen LogP contribution in [0.1, 0.15) is 24.8 Å². The van der Waals surface area contributed by atoms with Crippen molar-refractivity contribution < 1.29 is 14.3 Å². The van der Waals surface area contributed by atoms with Crippen LogP contribution < -0.4 is 19.7 Å². The summed E-state index contributed by atoms with van der Waals surface area (Å²) < 4.78 is 13.6. The molecule has 1 saturated heterocycles. The van der Waals surface area contributed by atoms with Gasteiger partial charge in [-0.25, -0.2) is 0 Å². The highest BCUT2D eigenvalue weighted by Crippen LogP contribution is 2.36. The van der Waals surface area contributed by atoms with Crippen molar-refractivity contribution in [1.82, 2.24) is 14.6 Å². The Bertz CT molecular complexity index is 1410. The molecule has 0 saturated carbocycles. The highest BCUT2D eigenvalue weighted by Gasteiger charge is 2.19. The number of fused-ring (bicyclic) bond motifs is 4. The number of thioether (sulfide) groups is 1. The maximum absolute atomic E-state index is 13.0. The quantitative estimate of drug-likeness (QED) is 0.408. The normalized spacial score (nSPS) is 15.5. The van der Waals surface area contributed by atoms with E-state index in [4.69, 9.17) is 9.47 Å². The molecule has 180 valence electrons. The van der Waals surface area contributed by atoms with Crippen LogP contribution in [0.15, 0.2) is 47.6 Å². The van der Waals surface area contributed by atoms with Crippen molar-refractivity contribution >= 4 is 45.6 Å². The number of hydrogen-bond acceptors (Lipinski definition) is 7. The number of amides is 1. The van der Waals surface area contributed by atoms with Crippen LogP contribution in [0.2, 0.25) is 0 Å². The highest BCUT2D eigenvalue weighted by atomic mass is 32.2. The summed E-state index contributed by atoms with van der Waals surface area (Å²) in [6, 6.07) is 14.1. The Morgan fingerprint density at radius 1 is 1.03 bits per heavy atom. The fourth-order valence-corrected chi connectivity index (χ4v) is 5.59. The number of carbonyl (C=O) groups excluding carboxylic acids is 1. The van der Waals surface area contributed by atoms with Gasteiger partial charge in [-0.3, -0.25) is 9.20 Å². The number of ether oxygens (including phenoxy) is 2. The van der Waals surface area contributed by atoms with E-state index in [9.17, 15) is 4.79 Å². The van der Waals surface area contributed by atoms with E-state index >= 15 is 0 Å². The fourth-order valence-electron chi connectivity index (χ4n) is 4.84. The van der Waals surface area contributed by atoms with E-state index in [1.807, 2.05) is 41.7 Å². The molecule has 0 spiro atoms. The van der Waals surface area contributed by atoms with Crippen molar-refractivity contribution in [2.24, 2.45) is 0 Å². The maximum Gasteiger partial charge on any atom is 0.234 e. The van der Waals surface area contributed by atoms with Gasteiger partial charge in [0.1, 0.15) is 13.2 Å². The van der Waals surface area contributed by atoms with Crippen molar-refractivity contribution in [2.45, 2.75) is 31.3 Å². The Hall–Kier alpha value is -3.46. The number of piperidine rings is 1. The lowest BCUT2D eigenvalue weighted by Gasteiger charge is -2.30. The fraction of sp³-hybridized carbons (Fsp3) is 0.346. The second-order valence-electron chi connectivity index (χ2n) is 8.93. The van der Waals surface area contributed by atoms with Gasteiger partial charge in [-0.05, 0) is 56.0 Å². The first kappa shape index (κ1) is 22.0. The van der Waals surface area contributed by atoms with Crippen molar-refractivity contribution in [2.75, 3.05) is 42.3 Å². The third-order valence-electron chi connectivity index (χ3n) is 6.50. The number of benzene rings is 2. The molecule has 35 heavy (non-hydrogen) atoms. The first-order valence-electron chi connectivity index (χ1n) is 12.0. The molecule has 0 radical (unpaired) electrons. The van der Waals surface area contributed by atoms with Crippen molar-refractivity contribution in [3.8, 4) is 11.5 Å². The summed E-state index contributed by atoms with van der Waals surface area (Å²) in [5.41, 5.74) is 4.66. The molecule has 8 nitrogen and oxygen atoms in total. The zero-order valence-electron chi connectivity index (χ0n) is 19.6. The number of aromatic nitrogens is 3. The standard InChI is InChI=1S/C26H27N5O3S/c1-17-13-18-14-22-23(34-12-11-33-22)15-21(18)31-25(17)28-29-26(31)35-16-24(32)27-19-7-3-4-8-20(19)30-9-5-2-6-10-30/h3-4,7-8,13-15H,2,5-6,9-12,16H2,1H3,(H,27,32). The summed E-state index contributed by atoms with van der Waals surface area (Å²) in [6.45, 7) is 5.13. The van der Waals surface area contributed by atoms with Crippen LogP contribution in [0.3, 0.4) is 0 Å². The van der Waals surface area contributed by atoms with Gasteiger partial charge < -0.3 is 19.7 Å². The minimum atomic E-state index is -0.0673. The molecule has 0 unspecified atom stereocenters. The molecule has 1 fully saturated rings. The third kappa shape index (κ3) is 4.25. The van der Waals surface area contributed by atoms with E-state index in [0.29, 0.717) is 24.1 Å². The smallest absolute Gasteiger partial charge is 0.234 e. The average Bonchev–Trinajstić information content (AvgIpc) is 3.32. The number of pyridine rings is 1. The molecule has 0 aliphatic carbocycles. The predicted octanol–water partition coefficient (Wildman–Crippen LogP) is 4.68. The largest absolute Gasteiger partial charge is 0.486 e. The minimum Gasteiger partial charge on any atom is -0.486 e. The van der Waals surface area contributed by atoms with Gasteiger partial charge in [0.25, 0.3) is 0 Å². The van der Waals surface area contributed by atoms with Gasteiger partial charge >= 0.3 is 0 Å². The van der Waals surface area contributed by atoms with Crippen LogP contribution >= 0.6 is 11.8 Å². The molecular weight excluding hydrogens is 462 g/mol. The Kier molecular flexibility index (Phi) is 5.85. The van der Waals surface area contributed by atoms with E-state index in [0.717, 1.165) is 52.3 Å². The van der Waals surface area contributed by atoms with Crippen LogP contribution in [0.5, 0.6) is 11.5 Å². The number of rotatable bonds is 5. The molecule has 2 aromatic heterocycles. The van der Waals surface area contributed by atoms with Crippen LogP contribution in [0, 0.1) is 6.92 Å². The summed E-state index contributed by atoms with van der Waals surface area (Å²) in [6.07, 6.45) is 3.64. The second kappa shape index (κ2) is 9.30. The van der Waals surface area contributed by atoms with E-state index < -0.39 is 0 Å². The van der Waals surface area contributed by atoms with Crippen LogP contribution in [-0.2, 0) is 4.79 Å². The highest BCUT2D eigenvalue weighted by molar-refractivity contribution is 7.99. The van der Waals surface area contributed by atoms with Gasteiger partial charge in [0.05, 0.1) is 22.6 Å². The van der Waals surface area contributed by atoms with Gasteiger partial charge in [-0.1, -0.05) is 23.9 Å². The number of carbonyl (C=O) groups is 1. The Labute approximate surface area is 207 Å². The molecule has 4 aromatic rings. The van der Waals surface area contributed by atoms with Gasteiger partial charge in [0.2, 0.25) is 5.91 Å². The summed E-state index contributed by atoms with van der Waals surface area (Å²) in [5.74, 6) is 1.62. The number of para-hydroxylation sites is 2. The zero-order chi connectivity index (χ0) is 23.8. The lowest BCUT2D eigenvalue weighted by atomic mass is 10.1. The molecule has 2 aromatic carbocycles. The van der Waals surface area contributed by atoms with Crippen molar-refractivity contribution in [1.29, 1.82) is 0 Å². The van der Waals surface area contributed by atoms with E-state index in [1.54, 1.807) is 0 Å². The van der Waals surface area contributed by atoms with E-state index in [-0.39, 0.29) is 11.7 Å². The van der Waals surface area contributed by atoms with Gasteiger partial charge in [-0.15, -0.1) is 10.2 Å². The number of nitrogens with one attached hydrogen (secondary N) is 1. The first-order valence-corrected chi connectivity index (χ1v) is 13.0. The van der Waals surface area contributed by atoms with E-state index in [1.165, 1.54) is 31.0 Å². The molecule has 6 rings (SSSR count). The van der Waals surface area contributed by atoms with Crippen LogP contribution in [0.4, 0.5) is 11.4 Å². The van der Waals surface area contributed by atoms with Crippen molar-refractivity contribution in [3.63, 3.8) is 0 Å². The maximum atomic E-state index is 13.0.